The Bertz CT molecular complexity index is 543. The topological polar surface area (TPSA) is 75.1 Å². The summed E-state index contributed by atoms with van der Waals surface area (Å²) in [4.78, 5) is 18.5. The minimum Gasteiger partial charge on any atom is -0.477 e. The first-order valence-corrected chi connectivity index (χ1v) is 5.52. The number of carbonyl (C=O) groups is 1. The molecule has 1 aromatic carbocycles. The molecule has 0 aliphatic carbocycles. The quantitative estimate of drug-likeness (QED) is 0.910. The number of hydrogen-bond donors (Lipinski definition) is 2. The summed E-state index contributed by atoms with van der Waals surface area (Å²) in [6.07, 6.45) is 2.56. The third-order valence-electron chi connectivity index (χ3n) is 2.05. The Kier molecular flexibility index (Phi) is 3.34. The van der Waals surface area contributed by atoms with Crippen LogP contribution in [0.2, 0.25) is 0 Å². The van der Waals surface area contributed by atoms with Gasteiger partial charge in [-0.2, -0.15) is 0 Å². The molecule has 0 spiro atoms. The van der Waals surface area contributed by atoms with Crippen LogP contribution in [-0.2, 0) is 0 Å². The molecule has 17 heavy (non-hydrogen) atoms. The minimum atomic E-state index is -1.06. The van der Waals surface area contributed by atoms with Crippen molar-refractivity contribution in [2.45, 2.75) is 0 Å². The first kappa shape index (κ1) is 11.5. The molecule has 2 N–H and O–H groups in total. The van der Waals surface area contributed by atoms with Gasteiger partial charge in [-0.05, 0) is 24.3 Å². The van der Waals surface area contributed by atoms with E-state index in [9.17, 15) is 4.79 Å². The summed E-state index contributed by atoms with van der Waals surface area (Å²) >= 11 is 3.32. The maximum atomic E-state index is 10.9. The minimum absolute atomic E-state index is 0.0374. The third-order valence-corrected chi connectivity index (χ3v) is 2.58. The number of aromatic carboxylic acids is 1. The molecule has 5 nitrogen and oxygen atoms in total. The molecule has 6 heteroatoms. The summed E-state index contributed by atoms with van der Waals surface area (Å²) in [5.74, 6) is -0.792. The third kappa shape index (κ3) is 2.79. The molecule has 0 radical (unpaired) electrons. The lowest BCUT2D eigenvalue weighted by Crippen LogP contribution is -2.05. The first-order valence-electron chi connectivity index (χ1n) is 4.72. The molecule has 1 heterocycles. The van der Waals surface area contributed by atoms with Gasteiger partial charge in [0.2, 0.25) is 0 Å². The molecule has 0 amide bonds. The van der Waals surface area contributed by atoms with Gasteiger partial charge in [0.1, 0.15) is 17.7 Å². The fourth-order valence-electron chi connectivity index (χ4n) is 1.26. The zero-order valence-electron chi connectivity index (χ0n) is 8.59. The van der Waals surface area contributed by atoms with Crippen molar-refractivity contribution in [3.63, 3.8) is 0 Å². The molecular weight excluding hydrogens is 286 g/mol. The Morgan fingerprint density at radius 3 is 2.65 bits per heavy atom. The molecular formula is C11H8BrN3O2. The van der Waals surface area contributed by atoms with Gasteiger partial charge in [0.15, 0.2) is 0 Å². The van der Waals surface area contributed by atoms with Gasteiger partial charge in [0.05, 0.1) is 0 Å². The number of carboxylic acids is 1. The highest BCUT2D eigenvalue weighted by Crippen LogP contribution is 2.19. The van der Waals surface area contributed by atoms with E-state index >= 15 is 0 Å². The molecule has 0 aliphatic rings. The van der Waals surface area contributed by atoms with Crippen molar-refractivity contribution in [3.8, 4) is 0 Å². The van der Waals surface area contributed by atoms with Crippen LogP contribution in [0.15, 0.2) is 41.3 Å². The van der Waals surface area contributed by atoms with Gasteiger partial charge in [0, 0.05) is 16.4 Å². The van der Waals surface area contributed by atoms with E-state index in [1.807, 2.05) is 24.3 Å². The predicted octanol–water partition coefficient (Wildman–Crippen LogP) is 2.68. The number of anilines is 2. The summed E-state index contributed by atoms with van der Waals surface area (Å²) in [5, 5.41) is 11.9. The Balaban J connectivity index is 2.30. The zero-order chi connectivity index (χ0) is 12.3. The average Bonchev–Trinajstić information content (AvgIpc) is 2.32. The maximum Gasteiger partial charge on any atom is 0.341 e. The van der Waals surface area contributed by atoms with E-state index in [1.54, 1.807) is 0 Å². The number of benzene rings is 1. The van der Waals surface area contributed by atoms with E-state index in [4.69, 9.17) is 5.11 Å². The SMILES string of the molecule is O=C(O)c1cncnc1Nc1ccc(Br)cc1. The van der Waals surface area contributed by atoms with Crippen molar-refractivity contribution in [2.24, 2.45) is 0 Å². The Hall–Kier alpha value is -1.95. The summed E-state index contributed by atoms with van der Waals surface area (Å²) in [6.45, 7) is 0. The molecule has 0 unspecified atom stereocenters. The van der Waals surface area contributed by atoms with Crippen molar-refractivity contribution in [1.29, 1.82) is 0 Å². The van der Waals surface area contributed by atoms with E-state index in [2.05, 4.69) is 31.2 Å². The second kappa shape index (κ2) is 4.92. The largest absolute Gasteiger partial charge is 0.477 e. The van der Waals surface area contributed by atoms with Crippen molar-refractivity contribution >= 4 is 33.4 Å². The fraction of sp³-hybridized carbons (Fsp3) is 0. The van der Waals surface area contributed by atoms with Crippen LogP contribution in [-0.4, -0.2) is 21.0 Å². The van der Waals surface area contributed by atoms with E-state index in [-0.39, 0.29) is 11.4 Å². The van der Waals surface area contributed by atoms with Crippen LogP contribution in [0, 0.1) is 0 Å². The van der Waals surface area contributed by atoms with Crippen LogP contribution in [0.5, 0.6) is 0 Å². The molecule has 1 aromatic heterocycles. The van der Waals surface area contributed by atoms with E-state index in [0.717, 1.165) is 10.2 Å². The molecule has 2 rings (SSSR count). The van der Waals surface area contributed by atoms with E-state index in [1.165, 1.54) is 12.5 Å². The second-order valence-corrected chi connectivity index (χ2v) is 4.14. The summed E-state index contributed by atoms with van der Waals surface area (Å²) in [5.41, 5.74) is 0.796. The van der Waals surface area contributed by atoms with Gasteiger partial charge in [-0.1, -0.05) is 15.9 Å². The lowest BCUT2D eigenvalue weighted by Gasteiger charge is -2.07. The second-order valence-electron chi connectivity index (χ2n) is 3.22. The lowest BCUT2D eigenvalue weighted by atomic mass is 10.3. The molecule has 0 saturated heterocycles. The van der Waals surface area contributed by atoms with Gasteiger partial charge in [-0.25, -0.2) is 14.8 Å². The molecule has 86 valence electrons. The standard InChI is InChI=1S/C11H8BrN3O2/c12-7-1-3-8(4-2-7)15-10-9(11(16)17)5-13-6-14-10/h1-6H,(H,16,17)(H,13,14,15). The average molecular weight is 294 g/mol. The number of halogens is 1. The van der Waals surface area contributed by atoms with Crippen molar-refractivity contribution in [3.05, 3.63) is 46.8 Å². The van der Waals surface area contributed by atoms with Crippen LogP contribution >= 0.6 is 15.9 Å². The van der Waals surface area contributed by atoms with Gasteiger partial charge in [0.25, 0.3) is 0 Å². The number of nitrogens with one attached hydrogen (secondary N) is 1. The van der Waals surface area contributed by atoms with Crippen molar-refractivity contribution in [2.75, 3.05) is 5.32 Å². The van der Waals surface area contributed by atoms with Gasteiger partial charge in [-0.3, -0.25) is 0 Å². The molecule has 0 aliphatic heterocycles. The summed E-state index contributed by atoms with van der Waals surface area (Å²) < 4.78 is 0.948. The number of hydrogen-bond acceptors (Lipinski definition) is 4. The zero-order valence-corrected chi connectivity index (χ0v) is 10.2. The van der Waals surface area contributed by atoms with Crippen LogP contribution < -0.4 is 5.32 Å². The normalized spacial score (nSPS) is 9.94. The van der Waals surface area contributed by atoms with Gasteiger partial charge >= 0.3 is 5.97 Å². The Morgan fingerprint density at radius 2 is 2.00 bits per heavy atom. The van der Waals surface area contributed by atoms with Crippen LogP contribution in [0.25, 0.3) is 0 Å². The number of aromatic nitrogens is 2. The van der Waals surface area contributed by atoms with Gasteiger partial charge in [-0.15, -0.1) is 0 Å². The van der Waals surface area contributed by atoms with Crippen LogP contribution in [0.4, 0.5) is 11.5 Å². The monoisotopic (exact) mass is 293 g/mol. The predicted molar refractivity (Wildman–Crippen MR) is 66.4 cm³/mol. The highest BCUT2D eigenvalue weighted by Gasteiger charge is 2.11. The molecule has 0 bridgehead atoms. The molecule has 0 atom stereocenters. The number of carboxylic acid groups (broad SMARTS) is 1. The molecule has 0 fully saturated rings. The van der Waals surface area contributed by atoms with Crippen LogP contribution in [0.3, 0.4) is 0 Å². The number of rotatable bonds is 3. The highest BCUT2D eigenvalue weighted by atomic mass is 79.9. The fourth-order valence-corrected chi connectivity index (χ4v) is 1.52. The Labute approximate surface area is 106 Å². The number of nitrogens with zero attached hydrogens (tertiary/aromatic N) is 2. The lowest BCUT2D eigenvalue weighted by molar-refractivity contribution is 0.0697. The van der Waals surface area contributed by atoms with E-state index < -0.39 is 5.97 Å². The van der Waals surface area contributed by atoms with Crippen LogP contribution in [0.1, 0.15) is 10.4 Å². The van der Waals surface area contributed by atoms with Crippen molar-refractivity contribution in [1.82, 2.24) is 9.97 Å². The van der Waals surface area contributed by atoms with Crippen molar-refractivity contribution < 1.29 is 9.90 Å². The van der Waals surface area contributed by atoms with Gasteiger partial charge < -0.3 is 10.4 Å². The highest BCUT2D eigenvalue weighted by molar-refractivity contribution is 9.10. The van der Waals surface area contributed by atoms with E-state index in [0.29, 0.717) is 0 Å². The smallest absolute Gasteiger partial charge is 0.341 e. The summed E-state index contributed by atoms with van der Waals surface area (Å²) in [7, 11) is 0. The Morgan fingerprint density at radius 1 is 1.29 bits per heavy atom. The maximum absolute atomic E-state index is 10.9. The summed E-state index contributed by atoms with van der Waals surface area (Å²) in [6, 6.07) is 7.34. The molecule has 2 aromatic rings. The molecule has 0 saturated carbocycles. The first-order chi connectivity index (χ1) is 8.16.